The SMILES string of the molecule is COP(=O)(N(C)C)N1CCN(C(=O)OCCOCCOCCO)CC1. The summed E-state index contributed by atoms with van der Waals surface area (Å²) in [5, 5.41) is 8.54. The van der Waals surface area contributed by atoms with E-state index in [1.54, 1.807) is 28.3 Å². The van der Waals surface area contributed by atoms with Crippen LogP contribution >= 0.6 is 7.67 Å². The van der Waals surface area contributed by atoms with Crippen molar-refractivity contribution in [3.05, 3.63) is 0 Å². The van der Waals surface area contributed by atoms with Crippen LogP contribution in [0.2, 0.25) is 0 Å². The fraction of sp³-hybridized carbons (Fsp3) is 0.929. The summed E-state index contributed by atoms with van der Waals surface area (Å²) in [6, 6.07) is 0. The number of carbonyl (C=O) groups excluding carboxylic acids is 1. The Kier molecular flexibility index (Phi) is 10.5. The third-order valence-electron chi connectivity index (χ3n) is 3.68. The minimum atomic E-state index is -3.01. The first-order valence-electron chi connectivity index (χ1n) is 8.22. The molecule has 148 valence electrons. The van der Waals surface area contributed by atoms with Gasteiger partial charge in [-0.15, -0.1) is 0 Å². The van der Waals surface area contributed by atoms with Gasteiger partial charge in [0.25, 0.3) is 0 Å². The number of hydrogen-bond acceptors (Lipinski definition) is 7. The fourth-order valence-corrected chi connectivity index (χ4v) is 4.08. The molecule has 0 spiro atoms. The molecule has 1 amide bonds. The number of hydrogen-bond donors (Lipinski definition) is 1. The van der Waals surface area contributed by atoms with Gasteiger partial charge in [-0.05, 0) is 14.1 Å². The Hall–Kier alpha value is -0.740. The van der Waals surface area contributed by atoms with E-state index in [2.05, 4.69) is 0 Å². The molecule has 0 aliphatic carbocycles. The van der Waals surface area contributed by atoms with Gasteiger partial charge in [-0.3, -0.25) is 4.57 Å². The smallest absolute Gasteiger partial charge is 0.409 e. The van der Waals surface area contributed by atoms with Crippen molar-refractivity contribution < 1.29 is 33.2 Å². The number of aliphatic hydroxyl groups excluding tert-OH is 1. The standard InChI is InChI=1S/C14H30N3O7P/c1-15(2)25(20,21-3)17-6-4-16(5-7-17)14(19)24-13-12-23-11-10-22-9-8-18/h18H,4-13H2,1-3H3. The number of carbonyl (C=O) groups is 1. The predicted molar refractivity (Wildman–Crippen MR) is 91.5 cm³/mol. The van der Waals surface area contributed by atoms with Crippen LogP contribution in [0.3, 0.4) is 0 Å². The summed E-state index contributed by atoms with van der Waals surface area (Å²) in [5.74, 6) is 0. The lowest BCUT2D eigenvalue weighted by atomic mass is 10.4. The Morgan fingerprint density at radius 1 is 1.04 bits per heavy atom. The molecule has 1 aliphatic heterocycles. The van der Waals surface area contributed by atoms with Crippen LogP contribution in [0, 0.1) is 0 Å². The van der Waals surface area contributed by atoms with E-state index in [0.717, 1.165) is 0 Å². The van der Waals surface area contributed by atoms with E-state index in [-0.39, 0.29) is 26.4 Å². The molecule has 0 aromatic rings. The molecule has 0 bridgehead atoms. The Balaban J connectivity index is 2.20. The van der Waals surface area contributed by atoms with Crippen molar-refractivity contribution in [2.24, 2.45) is 0 Å². The number of piperazine rings is 1. The van der Waals surface area contributed by atoms with Gasteiger partial charge in [-0.2, -0.15) is 0 Å². The highest BCUT2D eigenvalue weighted by Crippen LogP contribution is 2.51. The summed E-state index contributed by atoms with van der Waals surface area (Å²) in [6.45, 7) is 3.25. The molecule has 25 heavy (non-hydrogen) atoms. The Morgan fingerprint density at radius 2 is 1.60 bits per heavy atom. The number of ether oxygens (including phenoxy) is 3. The predicted octanol–water partition coefficient (Wildman–Crippen LogP) is 0.0822. The van der Waals surface area contributed by atoms with E-state index in [0.29, 0.717) is 39.4 Å². The molecule has 1 saturated heterocycles. The quantitative estimate of drug-likeness (QED) is 0.393. The van der Waals surface area contributed by atoms with Gasteiger partial charge in [0.15, 0.2) is 0 Å². The largest absolute Gasteiger partial charge is 0.447 e. The fourth-order valence-electron chi connectivity index (χ4n) is 2.33. The van der Waals surface area contributed by atoms with E-state index in [4.69, 9.17) is 23.8 Å². The van der Waals surface area contributed by atoms with Crippen LogP contribution < -0.4 is 0 Å². The highest BCUT2D eigenvalue weighted by atomic mass is 31.2. The summed E-state index contributed by atoms with van der Waals surface area (Å²) < 4.78 is 36.7. The highest BCUT2D eigenvalue weighted by molar-refractivity contribution is 7.53. The molecule has 1 fully saturated rings. The molecule has 1 N–H and O–H groups in total. The summed E-state index contributed by atoms with van der Waals surface area (Å²) in [5.41, 5.74) is 0. The third kappa shape index (κ3) is 7.18. The number of amides is 1. The van der Waals surface area contributed by atoms with Gasteiger partial charge in [0, 0.05) is 33.3 Å². The Morgan fingerprint density at radius 3 is 2.12 bits per heavy atom. The first-order chi connectivity index (χ1) is 12.0. The van der Waals surface area contributed by atoms with Crippen LogP contribution in [0.25, 0.3) is 0 Å². The van der Waals surface area contributed by atoms with Crippen LogP contribution in [0.15, 0.2) is 0 Å². The number of rotatable bonds is 11. The summed E-state index contributed by atoms with van der Waals surface area (Å²) in [4.78, 5) is 13.6. The van der Waals surface area contributed by atoms with Gasteiger partial charge in [0.05, 0.1) is 33.0 Å². The van der Waals surface area contributed by atoms with E-state index < -0.39 is 13.8 Å². The first-order valence-corrected chi connectivity index (χ1v) is 9.75. The maximum Gasteiger partial charge on any atom is 0.409 e. The third-order valence-corrected chi connectivity index (χ3v) is 6.28. The van der Waals surface area contributed by atoms with E-state index in [1.807, 2.05) is 0 Å². The lowest BCUT2D eigenvalue weighted by Crippen LogP contribution is -2.48. The van der Waals surface area contributed by atoms with Gasteiger partial charge >= 0.3 is 13.8 Å². The zero-order chi connectivity index (χ0) is 18.7. The van der Waals surface area contributed by atoms with Gasteiger partial charge in [0.1, 0.15) is 6.61 Å². The van der Waals surface area contributed by atoms with Gasteiger partial charge in [-0.25, -0.2) is 14.1 Å². The van der Waals surface area contributed by atoms with Crippen molar-refractivity contribution in [1.29, 1.82) is 0 Å². The summed E-state index contributed by atoms with van der Waals surface area (Å²) in [7, 11) is 1.84. The van der Waals surface area contributed by atoms with E-state index in [1.165, 1.54) is 7.11 Å². The molecular weight excluding hydrogens is 353 g/mol. The van der Waals surface area contributed by atoms with E-state index >= 15 is 0 Å². The van der Waals surface area contributed by atoms with Crippen molar-refractivity contribution in [2.45, 2.75) is 0 Å². The molecule has 0 radical (unpaired) electrons. The second-order valence-corrected chi connectivity index (χ2v) is 8.24. The monoisotopic (exact) mass is 383 g/mol. The molecule has 1 rings (SSSR count). The van der Waals surface area contributed by atoms with Gasteiger partial charge in [0.2, 0.25) is 0 Å². The second-order valence-electron chi connectivity index (χ2n) is 5.52. The zero-order valence-corrected chi connectivity index (χ0v) is 16.2. The van der Waals surface area contributed by atoms with Crippen molar-refractivity contribution in [3.8, 4) is 0 Å². The van der Waals surface area contributed by atoms with Crippen molar-refractivity contribution in [1.82, 2.24) is 14.2 Å². The van der Waals surface area contributed by atoms with Crippen LogP contribution in [-0.2, 0) is 23.3 Å². The molecule has 1 unspecified atom stereocenters. The van der Waals surface area contributed by atoms with E-state index in [9.17, 15) is 9.36 Å². The minimum absolute atomic E-state index is 0.0146. The van der Waals surface area contributed by atoms with Gasteiger partial charge < -0.3 is 28.7 Å². The molecule has 11 heteroatoms. The molecule has 1 atom stereocenters. The molecular formula is C14H30N3O7P. The highest BCUT2D eigenvalue weighted by Gasteiger charge is 2.36. The van der Waals surface area contributed by atoms with Crippen LogP contribution in [0.5, 0.6) is 0 Å². The van der Waals surface area contributed by atoms with Crippen LogP contribution in [0.4, 0.5) is 4.79 Å². The minimum Gasteiger partial charge on any atom is -0.447 e. The van der Waals surface area contributed by atoms with Crippen LogP contribution in [0.1, 0.15) is 0 Å². The summed E-state index contributed by atoms with van der Waals surface area (Å²) >= 11 is 0. The summed E-state index contributed by atoms with van der Waals surface area (Å²) in [6.07, 6.45) is -0.406. The average molecular weight is 383 g/mol. The molecule has 0 saturated carbocycles. The van der Waals surface area contributed by atoms with Crippen molar-refractivity contribution >= 4 is 13.8 Å². The van der Waals surface area contributed by atoms with Crippen LogP contribution in [-0.4, -0.2) is 112 Å². The van der Waals surface area contributed by atoms with Gasteiger partial charge in [-0.1, -0.05) is 0 Å². The average Bonchev–Trinajstić information content (AvgIpc) is 2.63. The molecule has 0 aromatic carbocycles. The lowest BCUT2D eigenvalue weighted by molar-refractivity contribution is 0.0127. The maximum absolute atomic E-state index is 12.7. The second kappa shape index (κ2) is 11.8. The molecule has 0 aromatic heterocycles. The van der Waals surface area contributed by atoms with Crippen molar-refractivity contribution in [3.63, 3.8) is 0 Å². The zero-order valence-electron chi connectivity index (χ0n) is 15.3. The normalized spacial score (nSPS) is 18.4. The molecule has 10 nitrogen and oxygen atoms in total. The number of aliphatic hydroxyl groups is 1. The lowest BCUT2D eigenvalue weighted by Gasteiger charge is -2.39. The van der Waals surface area contributed by atoms with Crippen molar-refractivity contribution in [2.75, 3.05) is 87.0 Å². The number of nitrogens with zero attached hydrogens (tertiary/aromatic N) is 3. The molecule has 1 aliphatic rings. The Bertz CT molecular complexity index is 431. The maximum atomic E-state index is 12.7. The Labute approximate surface area is 149 Å². The topological polar surface area (TPSA) is 101 Å². The molecule has 1 heterocycles. The first kappa shape index (κ1) is 22.3.